The summed E-state index contributed by atoms with van der Waals surface area (Å²) in [5.41, 5.74) is 6.04. The summed E-state index contributed by atoms with van der Waals surface area (Å²) in [6.45, 7) is 0. The number of nitrogens with one attached hydrogen (secondary N) is 1. The molecule has 0 aromatic rings. The molecule has 3 N–H and O–H groups in total. The zero-order chi connectivity index (χ0) is 13.5. The molecule has 2 rings (SSSR count). The molecule has 19 heavy (non-hydrogen) atoms. The number of nitrogens with two attached hydrogens (primary N) is 1. The van der Waals surface area contributed by atoms with Crippen LogP contribution in [-0.2, 0) is 4.74 Å². The standard InChI is InChI=1S/C15H22N2O2/c16-13-10-6-1-2-7-11-14(13)17-15(18)19-12-8-4-3-5-9-12/h4,6,8-10,13-14H,1-3,5,7,11,16H2,(H,17,18)/b10-6+. The van der Waals surface area contributed by atoms with E-state index in [1.165, 1.54) is 0 Å². The van der Waals surface area contributed by atoms with Crippen LogP contribution >= 0.6 is 0 Å². The Morgan fingerprint density at radius 2 is 2.16 bits per heavy atom. The third-order valence-electron chi connectivity index (χ3n) is 3.43. The summed E-state index contributed by atoms with van der Waals surface area (Å²) in [5, 5.41) is 2.87. The Morgan fingerprint density at radius 1 is 1.26 bits per heavy atom. The molecule has 0 bridgehead atoms. The number of carbonyl (C=O) groups is 1. The molecule has 2 atom stereocenters. The monoisotopic (exact) mass is 262 g/mol. The van der Waals surface area contributed by atoms with Gasteiger partial charge >= 0.3 is 6.09 Å². The van der Waals surface area contributed by atoms with E-state index in [1.807, 2.05) is 24.3 Å². The van der Waals surface area contributed by atoms with Crippen LogP contribution < -0.4 is 11.1 Å². The molecule has 0 spiro atoms. The molecule has 0 saturated carbocycles. The first-order valence-corrected chi connectivity index (χ1v) is 7.03. The molecule has 2 aliphatic rings. The lowest BCUT2D eigenvalue weighted by Crippen LogP contribution is -2.47. The molecule has 0 aromatic carbocycles. The second-order valence-electron chi connectivity index (χ2n) is 5.02. The summed E-state index contributed by atoms with van der Waals surface area (Å²) in [6, 6.07) is -0.180. The van der Waals surface area contributed by atoms with Gasteiger partial charge in [-0.1, -0.05) is 24.6 Å². The minimum absolute atomic E-state index is 0.0442. The fourth-order valence-electron chi connectivity index (χ4n) is 2.33. The quantitative estimate of drug-likeness (QED) is 0.752. The van der Waals surface area contributed by atoms with E-state index in [-0.39, 0.29) is 12.1 Å². The van der Waals surface area contributed by atoms with Crippen LogP contribution in [0.2, 0.25) is 0 Å². The lowest BCUT2D eigenvalue weighted by atomic mass is 9.98. The Bertz CT molecular complexity index is 399. The van der Waals surface area contributed by atoms with Crippen LogP contribution in [0.4, 0.5) is 4.79 Å². The molecule has 4 nitrogen and oxygen atoms in total. The van der Waals surface area contributed by atoms with Crippen molar-refractivity contribution in [3.05, 3.63) is 36.1 Å². The molecule has 4 heteroatoms. The molecular weight excluding hydrogens is 240 g/mol. The predicted octanol–water partition coefficient (Wildman–Crippen LogP) is 2.77. The van der Waals surface area contributed by atoms with Crippen molar-refractivity contribution in [1.29, 1.82) is 0 Å². The first-order valence-electron chi connectivity index (χ1n) is 7.03. The van der Waals surface area contributed by atoms with Gasteiger partial charge in [0.2, 0.25) is 0 Å². The van der Waals surface area contributed by atoms with Gasteiger partial charge in [-0.2, -0.15) is 0 Å². The number of hydrogen-bond acceptors (Lipinski definition) is 3. The maximum Gasteiger partial charge on any atom is 0.412 e. The Morgan fingerprint density at radius 3 is 2.95 bits per heavy atom. The smallest absolute Gasteiger partial charge is 0.411 e. The summed E-state index contributed by atoms with van der Waals surface area (Å²) in [5.74, 6) is 0.624. The number of hydrogen-bond donors (Lipinski definition) is 2. The number of amides is 1. The first-order chi connectivity index (χ1) is 9.25. The third-order valence-corrected chi connectivity index (χ3v) is 3.43. The number of rotatable bonds is 2. The van der Waals surface area contributed by atoms with E-state index >= 15 is 0 Å². The van der Waals surface area contributed by atoms with Crippen molar-refractivity contribution in [2.45, 2.75) is 50.6 Å². The minimum atomic E-state index is -0.410. The molecule has 1 amide bonds. The van der Waals surface area contributed by atoms with Crippen LogP contribution in [0.3, 0.4) is 0 Å². The number of alkyl carbamates (subject to hydrolysis) is 1. The number of carbonyl (C=O) groups excluding carboxylic acids is 1. The Labute approximate surface area is 114 Å². The Hall–Kier alpha value is -1.55. The van der Waals surface area contributed by atoms with Gasteiger partial charge < -0.3 is 15.8 Å². The summed E-state index contributed by atoms with van der Waals surface area (Å²) < 4.78 is 5.26. The van der Waals surface area contributed by atoms with E-state index in [9.17, 15) is 4.79 Å². The molecule has 2 aliphatic carbocycles. The van der Waals surface area contributed by atoms with E-state index in [1.54, 1.807) is 0 Å². The zero-order valence-corrected chi connectivity index (χ0v) is 11.2. The van der Waals surface area contributed by atoms with Crippen LogP contribution in [0, 0.1) is 0 Å². The average molecular weight is 262 g/mol. The van der Waals surface area contributed by atoms with E-state index in [0.717, 1.165) is 38.5 Å². The SMILES string of the molecule is NC1/C=C/CCCCC1NC(=O)OC1=CCCC=C1. The maximum absolute atomic E-state index is 11.8. The van der Waals surface area contributed by atoms with E-state index in [2.05, 4.69) is 11.4 Å². The van der Waals surface area contributed by atoms with Crippen molar-refractivity contribution in [2.24, 2.45) is 5.73 Å². The van der Waals surface area contributed by atoms with E-state index in [0.29, 0.717) is 5.76 Å². The Kier molecular flexibility index (Phi) is 5.21. The van der Waals surface area contributed by atoms with Crippen molar-refractivity contribution < 1.29 is 9.53 Å². The van der Waals surface area contributed by atoms with Crippen LogP contribution in [0.15, 0.2) is 36.1 Å². The molecular formula is C15H22N2O2. The summed E-state index contributed by atoms with van der Waals surface area (Å²) in [6.07, 6.45) is 15.5. The van der Waals surface area contributed by atoms with E-state index < -0.39 is 6.09 Å². The van der Waals surface area contributed by atoms with Gasteiger partial charge in [-0.3, -0.25) is 0 Å². The van der Waals surface area contributed by atoms with Crippen molar-refractivity contribution >= 4 is 6.09 Å². The highest BCUT2D eigenvalue weighted by Gasteiger charge is 2.20. The fraction of sp³-hybridized carbons (Fsp3) is 0.533. The zero-order valence-electron chi connectivity index (χ0n) is 11.2. The average Bonchev–Trinajstić information content (AvgIpc) is 2.40. The van der Waals surface area contributed by atoms with Gasteiger partial charge in [-0.05, 0) is 44.3 Å². The normalized spacial score (nSPS) is 28.8. The highest BCUT2D eigenvalue weighted by molar-refractivity contribution is 5.69. The molecule has 0 saturated heterocycles. The molecule has 104 valence electrons. The fourth-order valence-corrected chi connectivity index (χ4v) is 2.33. The molecule has 2 unspecified atom stereocenters. The molecule has 0 heterocycles. The molecule has 0 radical (unpaired) electrons. The molecule has 0 aromatic heterocycles. The summed E-state index contributed by atoms with van der Waals surface area (Å²) >= 11 is 0. The van der Waals surface area contributed by atoms with Crippen LogP contribution in [0.5, 0.6) is 0 Å². The van der Waals surface area contributed by atoms with Crippen LogP contribution in [0.25, 0.3) is 0 Å². The molecule has 0 aliphatic heterocycles. The minimum Gasteiger partial charge on any atom is -0.411 e. The number of allylic oxidation sites excluding steroid dienone is 4. The highest BCUT2D eigenvalue weighted by atomic mass is 16.6. The van der Waals surface area contributed by atoms with Gasteiger partial charge in [0, 0.05) is 6.04 Å². The number of ether oxygens (including phenoxy) is 1. The second-order valence-corrected chi connectivity index (χ2v) is 5.02. The predicted molar refractivity (Wildman–Crippen MR) is 75.4 cm³/mol. The van der Waals surface area contributed by atoms with Crippen molar-refractivity contribution in [1.82, 2.24) is 5.32 Å². The Balaban J connectivity index is 1.86. The lowest BCUT2D eigenvalue weighted by Gasteiger charge is -2.24. The van der Waals surface area contributed by atoms with Gasteiger partial charge in [-0.25, -0.2) is 4.79 Å². The van der Waals surface area contributed by atoms with Crippen LogP contribution in [-0.4, -0.2) is 18.2 Å². The van der Waals surface area contributed by atoms with Gasteiger partial charge in [0.05, 0.1) is 6.04 Å². The van der Waals surface area contributed by atoms with Gasteiger partial charge in [0.1, 0.15) is 5.76 Å². The summed E-state index contributed by atoms with van der Waals surface area (Å²) in [4.78, 5) is 11.8. The van der Waals surface area contributed by atoms with E-state index in [4.69, 9.17) is 10.5 Å². The highest BCUT2D eigenvalue weighted by Crippen LogP contribution is 2.14. The van der Waals surface area contributed by atoms with Crippen molar-refractivity contribution in [3.63, 3.8) is 0 Å². The topological polar surface area (TPSA) is 64.3 Å². The summed E-state index contributed by atoms with van der Waals surface area (Å²) in [7, 11) is 0. The third kappa shape index (κ3) is 4.56. The van der Waals surface area contributed by atoms with Gasteiger partial charge in [0.15, 0.2) is 0 Å². The largest absolute Gasteiger partial charge is 0.412 e. The van der Waals surface area contributed by atoms with Crippen LogP contribution in [0.1, 0.15) is 38.5 Å². The molecule has 0 fully saturated rings. The second kappa shape index (κ2) is 7.14. The first kappa shape index (κ1) is 13.9. The maximum atomic E-state index is 11.8. The van der Waals surface area contributed by atoms with Crippen molar-refractivity contribution in [2.75, 3.05) is 0 Å². The van der Waals surface area contributed by atoms with Gasteiger partial charge in [-0.15, -0.1) is 0 Å². The lowest BCUT2D eigenvalue weighted by molar-refractivity contribution is 0.172. The van der Waals surface area contributed by atoms with Crippen molar-refractivity contribution in [3.8, 4) is 0 Å². The van der Waals surface area contributed by atoms with Gasteiger partial charge in [0.25, 0.3) is 0 Å².